The lowest BCUT2D eigenvalue weighted by Crippen LogP contribution is -2.42. The van der Waals surface area contributed by atoms with Gasteiger partial charge >= 0.3 is 0 Å². The Morgan fingerprint density at radius 1 is 1.08 bits per heavy atom. The van der Waals surface area contributed by atoms with Crippen LogP contribution in [0.4, 0.5) is 17.3 Å². The van der Waals surface area contributed by atoms with Gasteiger partial charge in [-0.1, -0.05) is 12.1 Å². The second-order valence-electron chi connectivity index (χ2n) is 7.13. The van der Waals surface area contributed by atoms with E-state index < -0.39 is 0 Å². The van der Waals surface area contributed by atoms with E-state index in [1.807, 2.05) is 0 Å². The molecule has 0 aliphatic carbocycles. The van der Waals surface area contributed by atoms with E-state index in [2.05, 4.69) is 62.3 Å². The van der Waals surface area contributed by atoms with Gasteiger partial charge in [0.05, 0.1) is 13.2 Å². The van der Waals surface area contributed by atoms with Crippen LogP contribution in [-0.4, -0.2) is 55.4 Å². The third kappa shape index (κ3) is 4.07. The zero-order chi connectivity index (χ0) is 17.8. The Morgan fingerprint density at radius 2 is 1.96 bits per heavy atom. The molecule has 0 amide bonds. The van der Waals surface area contributed by atoms with Crippen molar-refractivity contribution in [3.63, 3.8) is 0 Å². The first-order chi connectivity index (χ1) is 12.8. The number of morpholine rings is 1. The van der Waals surface area contributed by atoms with Crippen LogP contribution in [0, 0.1) is 6.92 Å². The molecule has 6 heteroatoms. The van der Waals surface area contributed by atoms with Crippen LogP contribution < -0.4 is 15.1 Å². The smallest absolute Gasteiger partial charge is 0.134 e. The molecule has 1 aromatic carbocycles. The molecule has 0 spiro atoms. The van der Waals surface area contributed by atoms with E-state index in [0.29, 0.717) is 6.04 Å². The highest BCUT2D eigenvalue weighted by Crippen LogP contribution is 2.23. The Hall–Kier alpha value is -2.34. The van der Waals surface area contributed by atoms with Crippen molar-refractivity contribution < 1.29 is 4.74 Å². The molecule has 1 N–H and O–H groups in total. The van der Waals surface area contributed by atoms with E-state index in [0.717, 1.165) is 51.0 Å². The van der Waals surface area contributed by atoms with E-state index in [9.17, 15) is 0 Å². The molecule has 2 aliphatic rings. The molecule has 1 atom stereocenters. The Balaban J connectivity index is 1.42. The summed E-state index contributed by atoms with van der Waals surface area (Å²) >= 11 is 0. The Morgan fingerprint density at radius 3 is 2.81 bits per heavy atom. The Kier molecular flexibility index (Phi) is 5.20. The van der Waals surface area contributed by atoms with Crippen molar-refractivity contribution in [2.24, 2.45) is 0 Å². The number of benzene rings is 1. The van der Waals surface area contributed by atoms with Crippen molar-refractivity contribution in [2.75, 3.05) is 54.5 Å². The molecule has 1 aromatic heterocycles. The zero-order valence-electron chi connectivity index (χ0n) is 15.4. The monoisotopic (exact) mass is 353 g/mol. The summed E-state index contributed by atoms with van der Waals surface area (Å²) in [5.74, 6) is 1.90. The average Bonchev–Trinajstić information content (AvgIpc) is 2.69. The van der Waals surface area contributed by atoms with Crippen LogP contribution >= 0.6 is 0 Å². The number of hydrogen-bond donors (Lipinski definition) is 1. The molecule has 3 heterocycles. The summed E-state index contributed by atoms with van der Waals surface area (Å²) in [6.07, 6.45) is 4.01. The van der Waals surface area contributed by atoms with Gasteiger partial charge in [-0.2, -0.15) is 0 Å². The van der Waals surface area contributed by atoms with Crippen molar-refractivity contribution in [3.05, 3.63) is 42.2 Å². The highest BCUT2D eigenvalue weighted by molar-refractivity contribution is 5.51. The first kappa shape index (κ1) is 17.1. The molecule has 2 aliphatic heterocycles. The van der Waals surface area contributed by atoms with Gasteiger partial charge < -0.3 is 19.9 Å². The van der Waals surface area contributed by atoms with Crippen LogP contribution in [0.3, 0.4) is 0 Å². The summed E-state index contributed by atoms with van der Waals surface area (Å²) in [5, 5.41) is 3.62. The van der Waals surface area contributed by atoms with Crippen molar-refractivity contribution >= 4 is 17.3 Å². The predicted molar refractivity (Wildman–Crippen MR) is 105 cm³/mol. The number of anilines is 3. The third-order valence-corrected chi connectivity index (χ3v) is 5.13. The second-order valence-corrected chi connectivity index (χ2v) is 7.13. The van der Waals surface area contributed by atoms with Crippen LogP contribution in [0.25, 0.3) is 0 Å². The van der Waals surface area contributed by atoms with Gasteiger partial charge in [-0.05, 0) is 37.5 Å². The zero-order valence-corrected chi connectivity index (χ0v) is 15.4. The van der Waals surface area contributed by atoms with E-state index in [4.69, 9.17) is 4.74 Å². The molecule has 6 nitrogen and oxygen atoms in total. The fraction of sp³-hybridized carbons (Fsp3) is 0.500. The largest absolute Gasteiger partial charge is 0.378 e. The summed E-state index contributed by atoms with van der Waals surface area (Å²) in [5.41, 5.74) is 2.62. The number of hydrogen-bond acceptors (Lipinski definition) is 6. The van der Waals surface area contributed by atoms with Gasteiger partial charge in [0, 0.05) is 44.0 Å². The van der Waals surface area contributed by atoms with Crippen molar-refractivity contribution in [1.29, 1.82) is 0 Å². The fourth-order valence-corrected chi connectivity index (χ4v) is 3.75. The first-order valence-electron chi connectivity index (χ1n) is 9.51. The number of aryl methyl sites for hydroxylation is 1. The minimum absolute atomic E-state index is 0.400. The third-order valence-electron chi connectivity index (χ3n) is 5.13. The number of ether oxygens (including phenoxy) is 1. The highest BCUT2D eigenvalue weighted by Gasteiger charge is 2.21. The topological polar surface area (TPSA) is 53.5 Å². The van der Waals surface area contributed by atoms with E-state index in [-0.39, 0.29) is 0 Å². The standard InChI is InChI=1S/C20H27N5O/c1-16-4-2-6-18(12-16)25-7-3-5-17(14-25)23-19-13-20(22-15-21-19)24-8-10-26-11-9-24/h2,4,6,12-13,15,17H,3,5,7-11,14H2,1H3,(H,21,22,23). The average molecular weight is 353 g/mol. The van der Waals surface area contributed by atoms with Crippen LogP contribution in [-0.2, 0) is 4.74 Å². The normalized spacial score (nSPS) is 20.9. The lowest BCUT2D eigenvalue weighted by Gasteiger charge is -2.35. The second kappa shape index (κ2) is 7.91. The fourth-order valence-electron chi connectivity index (χ4n) is 3.75. The maximum atomic E-state index is 5.43. The van der Waals surface area contributed by atoms with E-state index in [1.54, 1.807) is 6.33 Å². The van der Waals surface area contributed by atoms with Gasteiger partial charge in [-0.15, -0.1) is 0 Å². The summed E-state index contributed by atoms with van der Waals surface area (Å²) in [6.45, 7) is 7.58. The van der Waals surface area contributed by atoms with Crippen LogP contribution in [0.15, 0.2) is 36.7 Å². The molecular formula is C20H27N5O. The number of rotatable bonds is 4. The lowest BCUT2D eigenvalue weighted by atomic mass is 10.0. The van der Waals surface area contributed by atoms with Crippen LogP contribution in [0.1, 0.15) is 18.4 Å². The molecule has 26 heavy (non-hydrogen) atoms. The summed E-state index contributed by atoms with van der Waals surface area (Å²) in [4.78, 5) is 13.6. The number of aromatic nitrogens is 2. The minimum atomic E-state index is 0.400. The molecule has 0 saturated carbocycles. The molecule has 2 aromatic rings. The molecule has 4 rings (SSSR count). The highest BCUT2D eigenvalue weighted by atomic mass is 16.5. The van der Waals surface area contributed by atoms with E-state index >= 15 is 0 Å². The van der Waals surface area contributed by atoms with Crippen molar-refractivity contribution in [2.45, 2.75) is 25.8 Å². The number of piperidine rings is 1. The molecule has 2 fully saturated rings. The molecular weight excluding hydrogens is 326 g/mol. The quantitative estimate of drug-likeness (QED) is 0.912. The molecule has 1 unspecified atom stereocenters. The number of nitrogens with zero attached hydrogens (tertiary/aromatic N) is 4. The van der Waals surface area contributed by atoms with E-state index in [1.165, 1.54) is 24.1 Å². The molecule has 138 valence electrons. The van der Waals surface area contributed by atoms with Crippen molar-refractivity contribution in [3.8, 4) is 0 Å². The maximum absolute atomic E-state index is 5.43. The minimum Gasteiger partial charge on any atom is -0.378 e. The van der Waals surface area contributed by atoms with Gasteiger partial charge in [-0.3, -0.25) is 0 Å². The molecule has 2 saturated heterocycles. The SMILES string of the molecule is Cc1cccc(N2CCCC(Nc3cc(N4CCOCC4)ncn3)C2)c1. The van der Waals surface area contributed by atoms with Crippen molar-refractivity contribution in [1.82, 2.24) is 9.97 Å². The Bertz CT molecular complexity index is 732. The molecule has 0 radical (unpaired) electrons. The van der Waals surface area contributed by atoms with Gasteiger partial charge in [0.1, 0.15) is 18.0 Å². The molecule has 0 bridgehead atoms. The van der Waals surface area contributed by atoms with Gasteiger partial charge in [0.2, 0.25) is 0 Å². The number of nitrogens with one attached hydrogen (secondary N) is 1. The summed E-state index contributed by atoms with van der Waals surface area (Å²) in [6, 6.07) is 11.2. The Labute approximate surface area is 155 Å². The lowest BCUT2D eigenvalue weighted by molar-refractivity contribution is 0.122. The van der Waals surface area contributed by atoms with Gasteiger partial charge in [0.25, 0.3) is 0 Å². The first-order valence-corrected chi connectivity index (χ1v) is 9.51. The van der Waals surface area contributed by atoms with Crippen LogP contribution in [0.2, 0.25) is 0 Å². The predicted octanol–water partition coefficient (Wildman–Crippen LogP) is 2.70. The van der Waals surface area contributed by atoms with Gasteiger partial charge in [0.15, 0.2) is 0 Å². The van der Waals surface area contributed by atoms with Gasteiger partial charge in [-0.25, -0.2) is 9.97 Å². The summed E-state index contributed by atoms with van der Waals surface area (Å²) < 4.78 is 5.43. The maximum Gasteiger partial charge on any atom is 0.134 e. The van der Waals surface area contributed by atoms with Crippen LogP contribution in [0.5, 0.6) is 0 Å². The summed E-state index contributed by atoms with van der Waals surface area (Å²) in [7, 11) is 0.